The molecule has 0 aliphatic carbocycles. The molecule has 2 aromatic heterocycles. The molecule has 2 aromatic carbocycles. The van der Waals surface area contributed by atoms with Crippen molar-refractivity contribution in [1.29, 1.82) is 5.26 Å². The van der Waals surface area contributed by atoms with Gasteiger partial charge in [0.05, 0.1) is 21.5 Å². The molecular formula is C25H19ClN2O3S. The lowest BCUT2D eigenvalue weighted by Crippen LogP contribution is -2.29. The Hall–Kier alpha value is -3.40. The van der Waals surface area contributed by atoms with Gasteiger partial charge in [-0.3, -0.25) is 14.2 Å². The number of ketones is 1. The molecule has 2 heterocycles. The van der Waals surface area contributed by atoms with E-state index in [0.29, 0.717) is 5.02 Å². The zero-order chi connectivity index (χ0) is 23.2. The second-order valence-corrected chi connectivity index (χ2v) is 9.08. The Morgan fingerprint density at radius 3 is 2.53 bits per heavy atom. The maximum atomic E-state index is 13.6. The molecule has 160 valence electrons. The fourth-order valence-corrected chi connectivity index (χ4v) is 5.43. The Labute approximate surface area is 193 Å². The van der Waals surface area contributed by atoms with Crippen molar-refractivity contribution in [3.05, 3.63) is 96.6 Å². The first-order valence-corrected chi connectivity index (χ1v) is 11.1. The van der Waals surface area contributed by atoms with Crippen LogP contribution in [0.15, 0.2) is 53.3 Å². The van der Waals surface area contributed by atoms with Gasteiger partial charge in [-0.2, -0.15) is 5.26 Å². The maximum Gasteiger partial charge on any atom is 0.272 e. The van der Waals surface area contributed by atoms with Crippen molar-refractivity contribution in [1.82, 2.24) is 4.57 Å². The van der Waals surface area contributed by atoms with Crippen LogP contribution in [0.3, 0.4) is 0 Å². The Kier molecular flexibility index (Phi) is 5.64. The Morgan fingerprint density at radius 2 is 1.88 bits per heavy atom. The lowest BCUT2D eigenvalue weighted by Gasteiger charge is -2.21. The monoisotopic (exact) mass is 462 g/mol. The molecule has 1 N–H and O–H groups in total. The van der Waals surface area contributed by atoms with Crippen LogP contribution in [0.1, 0.15) is 50.5 Å². The first-order valence-electron chi connectivity index (χ1n) is 9.92. The number of aryl methyl sites for hydroxylation is 1. The van der Waals surface area contributed by atoms with Crippen LogP contribution in [0.2, 0.25) is 5.02 Å². The average Bonchev–Trinajstić information content (AvgIpc) is 3.10. The van der Waals surface area contributed by atoms with E-state index in [1.165, 1.54) is 18.3 Å². The minimum atomic E-state index is -0.645. The van der Waals surface area contributed by atoms with Crippen molar-refractivity contribution < 1.29 is 9.90 Å². The van der Waals surface area contributed by atoms with Crippen molar-refractivity contribution in [2.24, 2.45) is 0 Å². The van der Waals surface area contributed by atoms with Crippen molar-refractivity contribution in [3.63, 3.8) is 0 Å². The number of carbonyl (C=O) groups is 1. The number of pyridine rings is 1. The molecule has 4 aromatic rings. The molecule has 4 rings (SSSR count). The third kappa shape index (κ3) is 3.40. The van der Waals surface area contributed by atoms with E-state index in [1.807, 2.05) is 61.5 Å². The highest BCUT2D eigenvalue weighted by molar-refractivity contribution is 7.21. The summed E-state index contributed by atoms with van der Waals surface area (Å²) in [6.07, 6.45) is 0. The van der Waals surface area contributed by atoms with Gasteiger partial charge in [0, 0.05) is 10.1 Å². The predicted molar refractivity (Wildman–Crippen MR) is 127 cm³/mol. The molecule has 1 atom stereocenters. The van der Waals surface area contributed by atoms with E-state index in [4.69, 9.17) is 11.6 Å². The van der Waals surface area contributed by atoms with Crippen molar-refractivity contribution in [2.75, 3.05) is 0 Å². The van der Waals surface area contributed by atoms with Gasteiger partial charge in [0.2, 0.25) is 11.7 Å². The van der Waals surface area contributed by atoms with Gasteiger partial charge >= 0.3 is 0 Å². The van der Waals surface area contributed by atoms with Gasteiger partial charge < -0.3 is 5.11 Å². The molecule has 0 radical (unpaired) electrons. The molecule has 0 spiro atoms. The smallest absolute Gasteiger partial charge is 0.272 e. The van der Waals surface area contributed by atoms with Gasteiger partial charge in [-0.1, -0.05) is 54.1 Å². The van der Waals surface area contributed by atoms with Crippen LogP contribution in [-0.4, -0.2) is 15.5 Å². The first-order chi connectivity index (χ1) is 15.3. The van der Waals surface area contributed by atoms with E-state index in [-0.39, 0.29) is 21.6 Å². The number of fused-ring (bicyclic) bond motifs is 1. The zero-order valence-electron chi connectivity index (χ0n) is 17.6. The summed E-state index contributed by atoms with van der Waals surface area (Å²) >= 11 is 7.76. The van der Waals surface area contributed by atoms with Crippen LogP contribution in [-0.2, 0) is 0 Å². The summed E-state index contributed by atoms with van der Waals surface area (Å²) in [6.45, 7) is 5.18. The van der Waals surface area contributed by atoms with Gasteiger partial charge in [0.15, 0.2) is 0 Å². The number of thiophene rings is 1. The summed E-state index contributed by atoms with van der Waals surface area (Å²) in [5.74, 6) is -0.994. The van der Waals surface area contributed by atoms with E-state index in [0.717, 1.165) is 25.8 Å². The lowest BCUT2D eigenvalue weighted by molar-refractivity contribution is 0.103. The largest absolute Gasteiger partial charge is 0.494 e. The second kappa shape index (κ2) is 8.27. The van der Waals surface area contributed by atoms with Crippen molar-refractivity contribution >= 4 is 38.8 Å². The zero-order valence-corrected chi connectivity index (χ0v) is 19.2. The number of benzene rings is 2. The topological polar surface area (TPSA) is 83.1 Å². The van der Waals surface area contributed by atoms with E-state index in [2.05, 4.69) is 0 Å². The molecule has 0 saturated heterocycles. The summed E-state index contributed by atoms with van der Waals surface area (Å²) in [5, 5.41) is 21.8. The van der Waals surface area contributed by atoms with Crippen LogP contribution in [0.25, 0.3) is 10.1 Å². The van der Waals surface area contributed by atoms with Crippen LogP contribution in [0.5, 0.6) is 5.88 Å². The molecule has 0 amide bonds. The fourth-order valence-electron chi connectivity index (χ4n) is 3.87. The molecule has 5 nitrogen and oxygen atoms in total. The SMILES string of the molecule is Cc1ccc2c(Cl)c(C(=O)c3c(C)c(C#N)c(=O)n(C(C)c4ccccc4)c3O)sc2c1. The van der Waals surface area contributed by atoms with E-state index < -0.39 is 23.3 Å². The molecule has 0 aliphatic heterocycles. The first kappa shape index (κ1) is 21.8. The molecule has 32 heavy (non-hydrogen) atoms. The van der Waals surface area contributed by atoms with Crippen molar-refractivity contribution in [3.8, 4) is 11.9 Å². The van der Waals surface area contributed by atoms with Crippen LogP contribution >= 0.6 is 22.9 Å². The van der Waals surface area contributed by atoms with Crippen molar-refractivity contribution in [2.45, 2.75) is 26.8 Å². The third-order valence-electron chi connectivity index (χ3n) is 5.63. The number of nitrogens with zero attached hydrogens (tertiary/aromatic N) is 2. The number of aromatic hydroxyl groups is 1. The number of hydrogen-bond donors (Lipinski definition) is 1. The summed E-state index contributed by atoms with van der Waals surface area (Å²) in [4.78, 5) is 26.9. The number of hydrogen-bond acceptors (Lipinski definition) is 5. The fraction of sp³-hybridized carbons (Fsp3) is 0.160. The molecule has 0 saturated carbocycles. The minimum Gasteiger partial charge on any atom is -0.494 e. The molecule has 0 aliphatic rings. The van der Waals surface area contributed by atoms with E-state index >= 15 is 0 Å². The molecule has 1 unspecified atom stereocenters. The second-order valence-electron chi connectivity index (χ2n) is 7.65. The normalized spacial score (nSPS) is 12.0. The Morgan fingerprint density at radius 1 is 1.19 bits per heavy atom. The predicted octanol–water partition coefficient (Wildman–Crippen LogP) is 5.75. The third-order valence-corrected chi connectivity index (χ3v) is 7.29. The number of halogens is 1. The number of nitriles is 1. The maximum absolute atomic E-state index is 13.6. The van der Waals surface area contributed by atoms with Gasteiger partial charge in [-0.05, 0) is 43.5 Å². The minimum absolute atomic E-state index is 0.0888. The van der Waals surface area contributed by atoms with Crippen LogP contribution in [0.4, 0.5) is 0 Å². The summed E-state index contributed by atoms with van der Waals surface area (Å²) in [5.41, 5.74) is 1.02. The number of rotatable bonds is 4. The molecule has 7 heteroatoms. The van der Waals surface area contributed by atoms with Crippen LogP contribution < -0.4 is 5.56 Å². The van der Waals surface area contributed by atoms with E-state index in [1.54, 1.807) is 6.92 Å². The highest BCUT2D eigenvalue weighted by atomic mass is 35.5. The Balaban J connectivity index is 1.97. The molecular weight excluding hydrogens is 444 g/mol. The molecule has 0 fully saturated rings. The number of aromatic nitrogens is 1. The van der Waals surface area contributed by atoms with E-state index in [9.17, 15) is 20.0 Å². The standard InChI is InChI=1S/C25H19ClN2O3S/c1-13-9-10-17-19(11-13)32-23(21(17)26)22(29)20-14(2)18(12-27)24(30)28(25(20)31)15(3)16-7-5-4-6-8-16/h4-11,15,31H,1-3H3. The summed E-state index contributed by atoms with van der Waals surface area (Å²) < 4.78 is 1.95. The van der Waals surface area contributed by atoms with Gasteiger partial charge in [0.1, 0.15) is 11.6 Å². The van der Waals surface area contributed by atoms with Gasteiger partial charge in [0.25, 0.3) is 5.56 Å². The highest BCUT2D eigenvalue weighted by Gasteiger charge is 2.29. The van der Waals surface area contributed by atoms with Gasteiger partial charge in [-0.25, -0.2) is 0 Å². The van der Waals surface area contributed by atoms with Gasteiger partial charge in [-0.15, -0.1) is 11.3 Å². The quantitative estimate of drug-likeness (QED) is 0.391. The number of carbonyl (C=O) groups excluding carboxylic acids is 1. The summed E-state index contributed by atoms with van der Waals surface area (Å²) in [6, 6.07) is 16.1. The molecule has 0 bridgehead atoms. The summed E-state index contributed by atoms with van der Waals surface area (Å²) in [7, 11) is 0. The lowest BCUT2D eigenvalue weighted by atomic mass is 9.99. The van der Waals surface area contributed by atoms with Crippen LogP contribution in [0, 0.1) is 25.2 Å². The Bertz CT molecular complexity index is 1480. The average molecular weight is 463 g/mol. The highest BCUT2D eigenvalue weighted by Crippen LogP contribution is 2.39.